The minimum Gasteiger partial charge on any atom is -0.453 e. The third kappa shape index (κ3) is 5.84. The highest BCUT2D eigenvalue weighted by Gasteiger charge is 2.00. The van der Waals surface area contributed by atoms with Gasteiger partial charge in [-0.25, -0.2) is 4.79 Å². The lowest BCUT2D eigenvalue weighted by Crippen LogP contribution is -2.25. The quantitative estimate of drug-likeness (QED) is 0.715. The molecule has 0 aromatic carbocycles. The number of alkyl halides is 1. The lowest BCUT2D eigenvalue weighted by atomic mass is 10.3. The molecule has 0 unspecified atom stereocenters. The van der Waals surface area contributed by atoms with Crippen LogP contribution in [0.2, 0.25) is 0 Å². The second-order valence-electron chi connectivity index (χ2n) is 1.84. The molecule has 0 heterocycles. The number of hydrogen-bond acceptors (Lipinski definition) is 3. The molecule has 0 aliphatic carbocycles. The van der Waals surface area contributed by atoms with Gasteiger partial charge < -0.3 is 10.1 Å². The fraction of sp³-hybridized carbons (Fsp3) is 0.667. The molecule has 5 heteroatoms. The van der Waals surface area contributed by atoms with Gasteiger partial charge in [-0.3, -0.25) is 4.79 Å². The number of halogens is 1. The summed E-state index contributed by atoms with van der Waals surface area (Å²) < 4.78 is 4.29. The zero-order valence-electron chi connectivity index (χ0n) is 6.22. The van der Waals surface area contributed by atoms with Crippen LogP contribution in [-0.4, -0.2) is 30.9 Å². The van der Waals surface area contributed by atoms with Crippen LogP contribution in [0.15, 0.2) is 0 Å². The molecule has 0 aromatic heterocycles. The summed E-state index contributed by atoms with van der Waals surface area (Å²) in [6.07, 6.45) is -0.173. The fourth-order valence-electron chi connectivity index (χ4n) is 0.443. The first-order valence-electron chi connectivity index (χ1n) is 3.10. The Hall–Kier alpha value is -0.580. The average Bonchev–Trinajstić information content (AvgIpc) is 2.04. The van der Waals surface area contributed by atoms with Gasteiger partial charge in [0.05, 0.1) is 12.4 Å². The minimum atomic E-state index is -0.507. The fourth-order valence-corrected chi connectivity index (χ4v) is 0.723. The van der Waals surface area contributed by atoms with Crippen LogP contribution in [0.5, 0.6) is 0 Å². The Morgan fingerprint density at radius 3 is 2.64 bits per heavy atom. The van der Waals surface area contributed by atoms with Crippen LogP contribution in [-0.2, 0) is 9.53 Å². The van der Waals surface area contributed by atoms with E-state index < -0.39 is 6.09 Å². The molecule has 0 rings (SSSR count). The van der Waals surface area contributed by atoms with E-state index in [2.05, 4.69) is 26.0 Å². The monoisotopic (exact) mass is 223 g/mol. The second-order valence-corrected chi connectivity index (χ2v) is 2.40. The van der Waals surface area contributed by atoms with E-state index in [0.29, 0.717) is 18.3 Å². The lowest BCUT2D eigenvalue weighted by molar-refractivity contribution is -0.116. The van der Waals surface area contributed by atoms with Crippen molar-refractivity contribution in [3.05, 3.63) is 0 Å². The number of ketones is 1. The Bertz CT molecular complexity index is 133. The van der Waals surface area contributed by atoms with Gasteiger partial charge in [0.15, 0.2) is 0 Å². The molecule has 0 fully saturated rings. The van der Waals surface area contributed by atoms with Gasteiger partial charge in [-0.15, -0.1) is 0 Å². The number of methoxy groups -OCH3 is 1. The summed E-state index contributed by atoms with van der Waals surface area (Å²) in [5, 5.41) is 2.72. The zero-order valence-corrected chi connectivity index (χ0v) is 7.81. The molecule has 0 aliphatic rings. The van der Waals surface area contributed by atoms with Gasteiger partial charge in [-0.2, -0.15) is 0 Å². The van der Waals surface area contributed by atoms with Crippen molar-refractivity contribution in [3.8, 4) is 0 Å². The Morgan fingerprint density at radius 1 is 1.55 bits per heavy atom. The molecular weight excluding hydrogens is 214 g/mol. The maximum Gasteiger partial charge on any atom is 0.406 e. The Kier molecular flexibility index (Phi) is 5.83. The highest BCUT2D eigenvalue weighted by Crippen LogP contribution is 1.87. The van der Waals surface area contributed by atoms with Crippen molar-refractivity contribution >= 4 is 27.8 Å². The molecule has 0 aliphatic heterocycles. The summed E-state index contributed by atoms with van der Waals surface area (Å²) in [6, 6.07) is 0. The minimum absolute atomic E-state index is 0.0569. The van der Waals surface area contributed by atoms with E-state index in [4.69, 9.17) is 0 Å². The molecular formula is C6H10BrNO3. The largest absolute Gasteiger partial charge is 0.453 e. The number of carbonyl (C=O) groups is 2. The van der Waals surface area contributed by atoms with E-state index in [9.17, 15) is 9.59 Å². The number of carbonyl (C=O) groups excluding carboxylic acids is 2. The van der Waals surface area contributed by atoms with Gasteiger partial charge >= 0.3 is 6.09 Å². The van der Waals surface area contributed by atoms with E-state index in [-0.39, 0.29) is 5.78 Å². The summed E-state index contributed by atoms with van der Waals surface area (Å²) in [5.41, 5.74) is 0. The van der Waals surface area contributed by atoms with Gasteiger partial charge in [-0.05, 0) is 0 Å². The van der Waals surface area contributed by atoms with E-state index in [1.807, 2.05) is 0 Å². The molecule has 0 spiro atoms. The van der Waals surface area contributed by atoms with Crippen molar-refractivity contribution in [2.45, 2.75) is 6.42 Å². The van der Waals surface area contributed by atoms with Crippen molar-refractivity contribution in [2.75, 3.05) is 19.0 Å². The molecule has 0 saturated heterocycles. The number of nitrogens with one attached hydrogen (secondary N) is 1. The third-order valence-electron chi connectivity index (χ3n) is 1.01. The van der Waals surface area contributed by atoms with Crippen LogP contribution in [0.1, 0.15) is 6.42 Å². The van der Waals surface area contributed by atoms with Crippen LogP contribution in [0.3, 0.4) is 0 Å². The summed E-state index contributed by atoms with van der Waals surface area (Å²) in [4.78, 5) is 21.1. The molecule has 1 N–H and O–H groups in total. The van der Waals surface area contributed by atoms with Gasteiger partial charge in [-0.1, -0.05) is 15.9 Å². The van der Waals surface area contributed by atoms with Crippen molar-refractivity contribution < 1.29 is 14.3 Å². The first-order valence-corrected chi connectivity index (χ1v) is 4.22. The van der Waals surface area contributed by atoms with Gasteiger partial charge in [0, 0.05) is 13.0 Å². The molecule has 1 amide bonds. The molecule has 11 heavy (non-hydrogen) atoms. The molecule has 0 bridgehead atoms. The number of Topliss-reactive ketones (excluding diaryl/α,β-unsaturated/α-hetero) is 1. The predicted octanol–water partition coefficient (Wildman–Crippen LogP) is 0.697. The molecule has 4 nitrogen and oxygen atoms in total. The summed E-state index contributed by atoms with van der Waals surface area (Å²) in [5.74, 6) is 0.0569. The Labute approximate surface area is 73.4 Å². The number of ether oxygens (including phenoxy) is 1. The average molecular weight is 224 g/mol. The Balaban J connectivity index is 3.27. The van der Waals surface area contributed by atoms with Crippen molar-refractivity contribution in [3.63, 3.8) is 0 Å². The zero-order chi connectivity index (χ0) is 8.69. The van der Waals surface area contributed by atoms with E-state index in [0.717, 1.165) is 0 Å². The number of rotatable bonds is 4. The van der Waals surface area contributed by atoms with Crippen LogP contribution in [0, 0.1) is 0 Å². The highest BCUT2D eigenvalue weighted by atomic mass is 79.9. The van der Waals surface area contributed by atoms with Crippen LogP contribution in [0.25, 0.3) is 0 Å². The van der Waals surface area contributed by atoms with Crippen molar-refractivity contribution in [1.82, 2.24) is 5.32 Å². The molecule has 0 aromatic rings. The number of hydrogen-bond donors (Lipinski definition) is 1. The van der Waals surface area contributed by atoms with Gasteiger partial charge in [0.1, 0.15) is 5.78 Å². The highest BCUT2D eigenvalue weighted by molar-refractivity contribution is 9.09. The standard InChI is InChI=1S/C6H10BrNO3/c1-11-6(10)8-3-2-5(9)4-7/h2-4H2,1H3,(H,8,10). The topological polar surface area (TPSA) is 55.4 Å². The molecule has 0 radical (unpaired) electrons. The number of amides is 1. The van der Waals surface area contributed by atoms with Crippen LogP contribution < -0.4 is 5.32 Å². The van der Waals surface area contributed by atoms with E-state index >= 15 is 0 Å². The maximum absolute atomic E-state index is 10.6. The predicted molar refractivity (Wildman–Crippen MR) is 43.8 cm³/mol. The summed E-state index contributed by atoms with van der Waals surface area (Å²) in [6.45, 7) is 0.330. The van der Waals surface area contributed by atoms with E-state index in [1.54, 1.807) is 0 Å². The second kappa shape index (κ2) is 6.15. The first kappa shape index (κ1) is 10.4. The van der Waals surface area contributed by atoms with Gasteiger partial charge in [0.2, 0.25) is 0 Å². The Morgan fingerprint density at radius 2 is 2.18 bits per heavy atom. The molecule has 0 atom stereocenters. The molecule has 64 valence electrons. The van der Waals surface area contributed by atoms with Gasteiger partial charge in [0.25, 0.3) is 0 Å². The SMILES string of the molecule is COC(=O)NCCC(=O)CBr. The van der Waals surface area contributed by atoms with Crippen LogP contribution >= 0.6 is 15.9 Å². The summed E-state index contributed by atoms with van der Waals surface area (Å²) >= 11 is 3.01. The molecule has 0 saturated carbocycles. The smallest absolute Gasteiger partial charge is 0.406 e. The maximum atomic E-state index is 10.6. The van der Waals surface area contributed by atoms with Crippen molar-refractivity contribution in [1.29, 1.82) is 0 Å². The third-order valence-corrected chi connectivity index (χ3v) is 1.63. The van der Waals surface area contributed by atoms with E-state index in [1.165, 1.54) is 7.11 Å². The number of alkyl carbamates (subject to hydrolysis) is 1. The summed E-state index contributed by atoms with van der Waals surface area (Å²) in [7, 11) is 1.28. The van der Waals surface area contributed by atoms with Crippen molar-refractivity contribution in [2.24, 2.45) is 0 Å². The normalized spacial score (nSPS) is 8.91. The van der Waals surface area contributed by atoms with Crippen LogP contribution in [0.4, 0.5) is 4.79 Å². The lowest BCUT2D eigenvalue weighted by Gasteiger charge is -2.00. The first-order chi connectivity index (χ1) is 5.20.